The van der Waals surface area contributed by atoms with Gasteiger partial charge in [-0.3, -0.25) is 14.9 Å². The normalized spacial score (nSPS) is 11.0. The Kier molecular flexibility index (Phi) is 3.80. The Bertz CT molecular complexity index is 421. The number of anilines is 1. The Labute approximate surface area is 99.0 Å². The molecule has 0 atom stereocenters. The summed E-state index contributed by atoms with van der Waals surface area (Å²) in [6, 6.07) is 5.64. The molecule has 17 heavy (non-hydrogen) atoms. The number of nitrogens with two attached hydrogens (primary N) is 1. The zero-order chi connectivity index (χ0) is 13.1. The first-order valence-electron chi connectivity index (χ1n) is 5.11. The third-order valence-corrected chi connectivity index (χ3v) is 1.98. The molecule has 1 amide bonds. The third-order valence-electron chi connectivity index (χ3n) is 1.98. The minimum atomic E-state index is -0.579. The van der Waals surface area contributed by atoms with E-state index in [4.69, 9.17) is 5.73 Å². The number of non-ortho nitro benzene ring substituents is 1. The molecule has 1 aromatic rings. The molecule has 92 valence electrons. The quantitative estimate of drug-likeness (QED) is 0.614. The summed E-state index contributed by atoms with van der Waals surface area (Å²) in [5, 5.41) is 13.0. The molecule has 6 nitrogen and oxygen atoms in total. The predicted molar refractivity (Wildman–Crippen MR) is 64.6 cm³/mol. The highest BCUT2D eigenvalue weighted by Crippen LogP contribution is 2.16. The molecule has 0 saturated carbocycles. The average Bonchev–Trinajstić information content (AvgIpc) is 2.15. The molecule has 0 bridgehead atoms. The Morgan fingerprint density at radius 2 is 1.94 bits per heavy atom. The number of nitro groups is 1. The summed E-state index contributed by atoms with van der Waals surface area (Å²) in [6.07, 6.45) is 0.185. The van der Waals surface area contributed by atoms with E-state index in [1.165, 1.54) is 24.3 Å². The first-order valence-corrected chi connectivity index (χ1v) is 5.11. The molecule has 0 saturated heterocycles. The molecule has 0 aromatic heterocycles. The standard InChI is InChI=1S/C11H15N3O3/c1-11(2,12)7-10(15)13-8-3-5-9(6-4-8)14(16)17/h3-6H,7,12H2,1-2H3,(H,13,15). The summed E-state index contributed by atoms with van der Waals surface area (Å²) in [5.74, 6) is -0.216. The maximum absolute atomic E-state index is 11.5. The Morgan fingerprint density at radius 1 is 1.41 bits per heavy atom. The number of rotatable bonds is 4. The van der Waals surface area contributed by atoms with Gasteiger partial charge in [-0.25, -0.2) is 0 Å². The maximum atomic E-state index is 11.5. The number of nitrogens with one attached hydrogen (secondary N) is 1. The molecule has 6 heteroatoms. The van der Waals surface area contributed by atoms with Crippen molar-refractivity contribution >= 4 is 17.3 Å². The van der Waals surface area contributed by atoms with Gasteiger partial charge < -0.3 is 11.1 Å². The van der Waals surface area contributed by atoms with E-state index in [1.54, 1.807) is 13.8 Å². The summed E-state index contributed by atoms with van der Waals surface area (Å²) >= 11 is 0. The van der Waals surface area contributed by atoms with Crippen molar-refractivity contribution in [1.82, 2.24) is 0 Å². The van der Waals surface area contributed by atoms with Crippen LogP contribution in [-0.2, 0) is 4.79 Å². The van der Waals surface area contributed by atoms with Crippen LogP contribution in [0.3, 0.4) is 0 Å². The Hall–Kier alpha value is -1.95. The average molecular weight is 237 g/mol. The molecule has 3 N–H and O–H groups in total. The van der Waals surface area contributed by atoms with Crippen LogP contribution in [0.5, 0.6) is 0 Å². The molecule has 1 rings (SSSR count). The molecule has 1 aromatic carbocycles. The van der Waals surface area contributed by atoms with Crippen LogP contribution in [0.1, 0.15) is 20.3 Å². The van der Waals surface area contributed by atoms with Crippen LogP contribution in [0.4, 0.5) is 11.4 Å². The summed E-state index contributed by atoms with van der Waals surface area (Å²) in [4.78, 5) is 21.5. The van der Waals surface area contributed by atoms with Crippen LogP contribution >= 0.6 is 0 Å². The summed E-state index contributed by atoms with van der Waals surface area (Å²) in [6.45, 7) is 3.50. The van der Waals surface area contributed by atoms with Crippen molar-refractivity contribution < 1.29 is 9.72 Å². The Morgan fingerprint density at radius 3 is 2.35 bits per heavy atom. The second kappa shape index (κ2) is 4.92. The van der Waals surface area contributed by atoms with Crippen LogP contribution in [0.2, 0.25) is 0 Å². The first-order chi connectivity index (χ1) is 7.78. The summed E-state index contributed by atoms with van der Waals surface area (Å²) < 4.78 is 0. The van der Waals surface area contributed by atoms with E-state index >= 15 is 0 Å². The van der Waals surface area contributed by atoms with Gasteiger partial charge in [0.05, 0.1) is 4.92 Å². The predicted octanol–water partition coefficient (Wildman–Crippen LogP) is 1.66. The van der Waals surface area contributed by atoms with Crippen molar-refractivity contribution in [2.24, 2.45) is 5.73 Å². The number of nitrogens with zero attached hydrogens (tertiary/aromatic N) is 1. The maximum Gasteiger partial charge on any atom is 0.269 e. The second-order valence-corrected chi connectivity index (χ2v) is 4.52. The molecule has 0 fully saturated rings. The van der Waals surface area contributed by atoms with Crippen molar-refractivity contribution in [1.29, 1.82) is 0 Å². The van der Waals surface area contributed by atoms with E-state index in [9.17, 15) is 14.9 Å². The summed E-state index contributed by atoms with van der Waals surface area (Å²) in [7, 11) is 0. The molecule has 0 spiro atoms. The first kappa shape index (κ1) is 13.1. The van der Waals surface area contributed by atoms with Gasteiger partial charge in [-0.05, 0) is 26.0 Å². The van der Waals surface area contributed by atoms with Crippen LogP contribution in [0.15, 0.2) is 24.3 Å². The van der Waals surface area contributed by atoms with Gasteiger partial charge in [-0.15, -0.1) is 0 Å². The van der Waals surface area contributed by atoms with Gasteiger partial charge in [0.2, 0.25) is 5.91 Å². The van der Waals surface area contributed by atoms with Crippen molar-refractivity contribution in [2.45, 2.75) is 25.8 Å². The fourth-order valence-electron chi connectivity index (χ4n) is 1.29. The molecule has 0 heterocycles. The van der Waals surface area contributed by atoms with E-state index in [0.717, 1.165) is 0 Å². The highest BCUT2D eigenvalue weighted by atomic mass is 16.6. The molecule has 0 radical (unpaired) electrons. The highest BCUT2D eigenvalue weighted by Gasteiger charge is 2.16. The topological polar surface area (TPSA) is 98.3 Å². The van der Waals surface area contributed by atoms with Crippen LogP contribution < -0.4 is 11.1 Å². The number of carbonyl (C=O) groups excluding carboxylic acids is 1. The van der Waals surface area contributed by atoms with E-state index in [2.05, 4.69) is 5.32 Å². The number of carbonyl (C=O) groups is 1. The fourth-order valence-corrected chi connectivity index (χ4v) is 1.29. The van der Waals surface area contributed by atoms with Crippen molar-refractivity contribution in [3.63, 3.8) is 0 Å². The fraction of sp³-hybridized carbons (Fsp3) is 0.364. The summed E-state index contributed by atoms with van der Waals surface area (Å²) in [5.41, 5.74) is 5.63. The lowest BCUT2D eigenvalue weighted by atomic mass is 10.0. The van der Waals surface area contributed by atoms with E-state index in [0.29, 0.717) is 5.69 Å². The third kappa shape index (κ3) is 4.60. The van der Waals surface area contributed by atoms with Crippen LogP contribution in [0, 0.1) is 10.1 Å². The van der Waals surface area contributed by atoms with Gasteiger partial charge in [0.25, 0.3) is 5.69 Å². The van der Waals surface area contributed by atoms with Crippen molar-refractivity contribution in [2.75, 3.05) is 5.32 Å². The smallest absolute Gasteiger partial charge is 0.269 e. The van der Waals surface area contributed by atoms with Gasteiger partial charge in [-0.2, -0.15) is 0 Å². The van der Waals surface area contributed by atoms with Crippen LogP contribution in [0.25, 0.3) is 0 Å². The number of amides is 1. The molecule has 0 aliphatic carbocycles. The lowest BCUT2D eigenvalue weighted by Crippen LogP contribution is -2.36. The number of nitro benzene ring substituents is 1. The van der Waals surface area contributed by atoms with Crippen LogP contribution in [-0.4, -0.2) is 16.4 Å². The number of hydrogen-bond acceptors (Lipinski definition) is 4. The van der Waals surface area contributed by atoms with Crippen molar-refractivity contribution in [3.05, 3.63) is 34.4 Å². The minimum absolute atomic E-state index is 0.0119. The second-order valence-electron chi connectivity index (χ2n) is 4.52. The monoisotopic (exact) mass is 237 g/mol. The lowest BCUT2D eigenvalue weighted by molar-refractivity contribution is -0.384. The Balaban J connectivity index is 2.64. The van der Waals surface area contributed by atoms with Crippen molar-refractivity contribution in [3.8, 4) is 0 Å². The van der Waals surface area contributed by atoms with Gasteiger partial charge in [0.15, 0.2) is 0 Å². The minimum Gasteiger partial charge on any atom is -0.326 e. The molecule has 0 aliphatic rings. The van der Waals surface area contributed by atoms with E-state index < -0.39 is 10.5 Å². The zero-order valence-corrected chi connectivity index (χ0v) is 9.77. The van der Waals surface area contributed by atoms with Gasteiger partial charge in [0, 0.05) is 29.8 Å². The zero-order valence-electron chi connectivity index (χ0n) is 9.77. The molecular weight excluding hydrogens is 222 g/mol. The number of benzene rings is 1. The molecule has 0 aliphatic heterocycles. The van der Waals surface area contributed by atoms with Gasteiger partial charge >= 0.3 is 0 Å². The van der Waals surface area contributed by atoms with E-state index in [1.807, 2.05) is 0 Å². The SMILES string of the molecule is CC(C)(N)CC(=O)Nc1ccc([N+](=O)[O-])cc1. The van der Waals surface area contributed by atoms with E-state index in [-0.39, 0.29) is 18.0 Å². The lowest BCUT2D eigenvalue weighted by Gasteiger charge is -2.17. The van der Waals surface area contributed by atoms with Gasteiger partial charge in [-0.1, -0.05) is 0 Å². The largest absolute Gasteiger partial charge is 0.326 e. The molecular formula is C11H15N3O3. The van der Waals surface area contributed by atoms with Gasteiger partial charge in [0.1, 0.15) is 0 Å². The molecule has 0 unspecified atom stereocenters. The highest BCUT2D eigenvalue weighted by molar-refractivity contribution is 5.91. The number of hydrogen-bond donors (Lipinski definition) is 2.